The zero-order chi connectivity index (χ0) is 66.5. The number of carbonyl (C=O) groups is 10. The standard InChI is InChI=1S/C62H98N12O16/c1-5-41(4)52(49(76)37-43(17-9-11-21-63)57(83)67-44(18-10-12-22-64)60(86)74-24-14-20-47(74)59(85)68-46(61(87)88)36-42-15-7-6-8-16-42)69-58(84)45(35-40(2)3)66-54-53(55(81)56(54)82)65-23-13-19-48(62(89)90)73-31-29-70(33-34-75)25-26-71(38-50(77)78)27-28-72(30-32-73)39-51(79)80/h6-8,15-16,34,40-41,43-48,52,65-66H,5,9-14,17-33,35-39,63-64H2,1-4H3,(H,67,83)(H,68,85)(H,69,84)(H,77,78)(H,79,80)(H,87,88)(H,89,90)/p-3/t41-,43+,44-,45-,46-,47-,48?,52-/m0/s1. The van der Waals surface area contributed by atoms with Crippen molar-refractivity contribution in [3.05, 3.63) is 56.3 Å². The highest BCUT2D eigenvalue weighted by atomic mass is 16.4. The van der Waals surface area contributed by atoms with Crippen LogP contribution in [0.4, 0.5) is 11.4 Å². The summed E-state index contributed by atoms with van der Waals surface area (Å²) in [5.74, 6) is -9.95. The number of rotatable bonds is 40. The van der Waals surface area contributed by atoms with Gasteiger partial charge >= 0.3 is 5.97 Å². The van der Waals surface area contributed by atoms with E-state index in [1.54, 1.807) is 52.0 Å². The summed E-state index contributed by atoms with van der Waals surface area (Å²) in [6.45, 7) is 8.09. The Morgan fingerprint density at radius 3 is 1.84 bits per heavy atom. The molecule has 0 aliphatic carbocycles. The fraction of sp³-hybridized carbons (Fsp3) is 0.677. The van der Waals surface area contributed by atoms with Gasteiger partial charge < -0.3 is 82.6 Å². The summed E-state index contributed by atoms with van der Waals surface area (Å²) in [7, 11) is 0. The van der Waals surface area contributed by atoms with Crippen molar-refractivity contribution < 1.29 is 68.4 Å². The second kappa shape index (κ2) is 39.1. The topological polar surface area (TPSA) is 423 Å². The Balaban J connectivity index is 1.49. The predicted octanol–water partition coefficient (Wildman–Crippen LogP) is -4.01. The molecule has 2 heterocycles. The van der Waals surface area contributed by atoms with E-state index in [1.165, 1.54) is 9.80 Å². The van der Waals surface area contributed by atoms with Crippen LogP contribution in [0.1, 0.15) is 117 Å². The summed E-state index contributed by atoms with van der Waals surface area (Å²) in [5, 5.41) is 60.2. The number of ketones is 1. The van der Waals surface area contributed by atoms with Crippen LogP contribution in [-0.4, -0.2) is 224 Å². The van der Waals surface area contributed by atoms with Crippen LogP contribution in [0.15, 0.2) is 39.9 Å². The number of amides is 4. The average molecular weight is 1260 g/mol. The van der Waals surface area contributed by atoms with Crippen LogP contribution in [0.3, 0.4) is 0 Å². The monoisotopic (exact) mass is 1260 g/mol. The van der Waals surface area contributed by atoms with Gasteiger partial charge in [0.2, 0.25) is 23.6 Å². The summed E-state index contributed by atoms with van der Waals surface area (Å²) in [5.41, 5.74) is 10.2. The first kappa shape index (κ1) is 75.2. The summed E-state index contributed by atoms with van der Waals surface area (Å²) in [6.07, 6.45) is 3.92. The third kappa shape index (κ3) is 24.5. The van der Waals surface area contributed by atoms with E-state index in [9.17, 15) is 78.0 Å². The number of Topliss-reactive ketones (excluding diaryl/α,β-unsaturated/α-hetero) is 1. The Morgan fingerprint density at radius 2 is 1.28 bits per heavy atom. The lowest BCUT2D eigenvalue weighted by atomic mass is 9.87. The van der Waals surface area contributed by atoms with Crippen molar-refractivity contribution in [1.82, 2.24) is 40.4 Å². The minimum Gasteiger partial charge on any atom is -0.549 e. The molecule has 8 atom stereocenters. The third-order valence-electron chi connectivity index (χ3n) is 16.8. The zero-order valence-electron chi connectivity index (χ0n) is 52.6. The third-order valence-corrected chi connectivity index (χ3v) is 16.8. The number of unbranched alkanes of at least 4 members (excludes halogenated alkanes) is 2. The van der Waals surface area contributed by atoms with Gasteiger partial charge in [-0.25, -0.2) is 4.79 Å². The molecule has 0 aromatic heterocycles. The van der Waals surface area contributed by atoms with Crippen molar-refractivity contribution in [2.24, 2.45) is 29.2 Å². The van der Waals surface area contributed by atoms with E-state index in [0.29, 0.717) is 63.5 Å². The van der Waals surface area contributed by atoms with Crippen molar-refractivity contribution in [3.8, 4) is 0 Å². The maximum Gasteiger partial charge on any atom is 0.326 e. The molecule has 90 heavy (non-hydrogen) atoms. The van der Waals surface area contributed by atoms with Gasteiger partial charge in [0.1, 0.15) is 41.8 Å². The molecule has 502 valence electrons. The number of hydrogen-bond acceptors (Lipinski definition) is 23. The summed E-state index contributed by atoms with van der Waals surface area (Å²) >= 11 is 0. The van der Waals surface area contributed by atoms with Crippen molar-refractivity contribution >= 4 is 71.0 Å². The van der Waals surface area contributed by atoms with Gasteiger partial charge in [-0.2, -0.15) is 0 Å². The molecule has 4 rings (SSSR count). The summed E-state index contributed by atoms with van der Waals surface area (Å²) in [4.78, 5) is 166. The average Bonchev–Trinajstić information content (AvgIpc) is 0.952. The quantitative estimate of drug-likeness (QED) is 0.0179. The highest BCUT2D eigenvalue weighted by molar-refractivity contribution is 5.97. The number of carboxylic acids is 4. The number of nitrogens with zero attached hydrogens (tertiary/aromatic N) is 5. The van der Waals surface area contributed by atoms with Crippen LogP contribution in [-0.2, 0) is 54.4 Å². The van der Waals surface area contributed by atoms with Gasteiger partial charge in [-0.1, -0.05) is 70.9 Å². The van der Waals surface area contributed by atoms with E-state index >= 15 is 0 Å². The van der Waals surface area contributed by atoms with Crippen LogP contribution in [0.5, 0.6) is 0 Å². The molecule has 28 heteroatoms. The van der Waals surface area contributed by atoms with Gasteiger partial charge in [0.05, 0.1) is 30.5 Å². The smallest absolute Gasteiger partial charge is 0.326 e. The normalized spacial score (nSPS) is 18.2. The first-order valence-electron chi connectivity index (χ1n) is 31.6. The molecule has 0 saturated carbocycles. The molecule has 28 nitrogen and oxygen atoms in total. The largest absolute Gasteiger partial charge is 0.549 e. The maximum absolute atomic E-state index is 14.6. The Bertz CT molecular complexity index is 2750. The Morgan fingerprint density at radius 1 is 0.689 bits per heavy atom. The number of aliphatic carboxylic acids is 4. The summed E-state index contributed by atoms with van der Waals surface area (Å²) < 4.78 is 0. The SMILES string of the molecule is CC[C@H](C)[C@H](NC(=O)[C@H](CC(C)C)Nc1c(NCCCC(C(=O)[O-])N2CCN(CC=O)CCN(CC(=O)[O-])CCN(CC(=O)[O-])CC2)c(=O)c1=O)C(=O)C[C@@H](CCCCN)C(=O)N[C@@H](CCCCN)C(=O)N1CCC[C@H]1C(=O)N[C@@H](Cc1ccccc1)C(=O)O. The number of carbonyl (C=O) groups excluding carboxylic acids is 9. The lowest BCUT2D eigenvalue weighted by molar-refractivity contribution is -0.312. The molecule has 2 aromatic rings. The molecular weight excluding hydrogens is 1170 g/mol. The lowest BCUT2D eigenvalue weighted by Gasteiger charge is -2.37. The van der Waals surface area contributed by atoms with Gasteiger partial charge in [-0.3, -0.25) is 53.2 Å². The van der Waals surface area contributed by atoms with Crippen LogP contribution in [0.25, 0.3) is 0 Å². The van der Waals surface area contributed by atoms with Crippen molar-refractivity contribution in [1.29, 1.82) is 0 Å². The van der Waals surface area contributed by atoms with Crippen LogP contribution in [0, 0.1) is 17.8 Å². The molecule has 2 aliphatic heterocycles. The van der Waals surface area contributed by atoms with Crippen LogP contribution >= 0.6 is 0 Å². The number of carboxylic acid groups (broad SMARTS) is 4. The fourth-order valence-corrected chi connectivity index (χ4v) is 11.5. The zero-order valence-corrected chi connectivity index (χ0v) is 52.6. The number of nitrogens with two attached hydrogens (primary N) is 2. The minimum absolute atomic E-state index is 0.0137. The number of hydrogen-bond donors (Lipinski definition) is 8. The van der Waals surface area contributed by atoms with E-state index in [1.807, 2.05) is 20.8 Å². The Hall–Kier alpha value is -7.24. The maximum atomic E-state index is 14.6. The number of anilines is 2. The van der Waals surface area contributed by atoms with Crippen molar-refractivity contribution in [2.75, 3.05) is 109 Å². The van der Waals surface area contributed by atoms with Crippen molar-refractivity contribution in [2.45, 2.75) is 154 Å². The molecule has 2 saturated heterocycles. The highest BCUT2D eigenvalue weighted by Gasteiger charge is 2.40. The van der Waals surface area contributed by atoms with E-state index in [4.69, 9.17) is 11.5 Å². The van der Waals surface area contributed by atoms with Gasteiger partial charge in [-0.15, -0.1) is 0 Å². The minimum atomic E-state index is -1.44. The molecule has 0 bridgehead atoms. The number of benzene rings is 1. The van der Waals surface area contributed by atoms with Crippen molar-refractivity contribution in [3.63, 3.8) is 0 Å². The molecule has 2 aromatic carbocycles. The van der Waals surface area contributed by atoms with Gasteiger partial charge in [-0.05, 0) is 94.7 Å². The second-order valence-corrected chi connectivity index (χ2v) is 24.1. The molecule has 1 unspecified atom stereocenters. The number of aldehydes is 1. The molecule has 2 fully saturated rings. The second-order valence-electron chi connectivity index (χ2n) is 24.1. The summed E-state index contributed by atoms with van der Waals surface area (Å²) in [6, 6.07) is 1.85. The van der Waals surface area contributed by atoms with E-state index < -0.39 is 125 Å². The van der Waals surface area contributed by atoms with E-state index in [0.717, 1.165) is 0 Å². The predicted molar refractivity (Wildman–Crippen MR) is 328 cm³/mol. The highest BCUT2D eigenvalue weighted by Crippen LogP contribution is 2.25. The van der Waals surface area contributed by atoms with Crippen LogP contribution < -0.4 is 64.2 Å². The first-order valence-corrected chi connectivity index (χ1v) is 31.6. The Labute approximate surface area is 526 Å². The Kier molecular flexibility index (Phi) is 32.7. The van der Waals surface area contributed by atoms with E-state index in [-0.39, 0.29) is 141 Å². The molecule has 10 N–H and O–H groups in total. The molecular formula is C62H95N12O16-3. The van der Waals surface area contributed by atoms with Crippen LogP contribution in [0.2, 0.25) is 0 Å². The molecule has 4 amide bonds. The van der Waals surface area contributed by atoms with Gasteiger partial charge in [0, 0.05) is 103 Å². The molecule has 0 radical (unpaired) electrons. The fourth-order valence-electron chi connectivity index (χ4n) is 11.5. The van der Waals surface area contributed by atoms with E-state index in [2.05, 4.69) is 26.6 Å². The lowest BCUT2D eigenvalue weighted by Crippen LogP contribution is -2.56. The first-order chi connectivity index (χ1) is 42.9. The van der Waals surface area contributed by atoms with Gasteiger partial charge in [0.15, 0.2) is 5.78 Å². The van der Waals surface area contributed by atoms with Gasteiger partial charge in [0.25, 0.3) is 10.9 Å². The molecule has 2 aliphatic rings. The molecule has 0 spiro atoms. The number of likely N-dealkylation sites (tertiary alicyclic amines) is 1. The number of nitrogens with one attached hydrogen (secondary N) is 5.